The lowest BCUT2D eigenvalue weighted by atomic mass is 9.62. The van der Waals surface area contributed by atoms with E-state index in [0.29, 0.717) is 19.5 Å². The summed E-state index contributed by atoms with van der Waals surface area (Å²) < 4.78 is 27.7. The van der Waals surface area contributed by atoms with Gasteiger partial charge in [-0.25, -0.2) is 8.78 Å². The maximum Gasteiger partial charge on any atom is 0.257 e. The van der Waals surface area contributed by atoms with Crippen molar-refractivity contribution in [3.8, 4) is 0 Å². The second-order valence-electron chi connectivity index (χ2n) is 7.57. The van der Waals surface area contributed by atoms with Crippen molar-refractivity contribution in [1.82, 2.24) is 4.90 Å². The minimum atomic E-state index is -1.12. The van der Waals surface area contributed by atoms with Gasteiger partial charge in [-0.1, -0.05) is 19.9 Å². The van der Waals surface area contributed by atoms with E-state index in [0.717, 1.165) is 0 Å². The molecular formula is C18H20F2N2O2. The van der Waals surface area contributed by atoms with Crippen LogP contribution in [0.25, 0.3) is 0 Å². The molecule has 1 amide bonds. The Kier molecular flexibility index (Phi) is 3.55. The average Bonchev–Trinajstić information content (AvgIpc) is 2.47. The molecule has 1 fully saturated rings. The Morgan fingerprint density at radius 1 is 1.21 bits per heavy atom. The number of Topliss-reactive ketones (excluding diaryl/α,β-unsaturated/α-hetero) is 1. The fourth-order valence-electron chi connectivity index (χ4n) is 3.84. The van der Waals surface area contributed by atoms with E-state index in [2.05, 4.69) is 0 Å². The van der Waals surface area contributed by atoms with Crippen LogP contribution in [0.4, 0.5) is 8.78 Å². The third kappa shape index (κ3) is 2.41. The van der Waals surface area contributed by atoms with E-state index in [9.17, 15) is 18.4 Å². The largest absolute Gasteiger partial charge is 0.396 e. The molecule has 0 unspecified atom stereocenters. The molecule has 2 aliphatic rings. The molecule has 1 aromatic rings. The van der Waals surface area contributed by atoms with Crippen molar-refractivity contribution >= 4 is 11.7 Å². The van der Waals surface area contributed by atoms with Crippen LogP contribution in [0.15, 0.2) is 23.9 Å². The summed E-state index contributed by atoms with van der Waals surface area (Å²) in [4.78, 5) is 26.0. The number of likely N-dealkylation sites (tertiary alicyclic amines) is 1. The highest BCUT2D eigenvalue weighted by atomic mass is 19.2. The van der Waals surface area contributed by atoms with Gasteiger partial charge in [-0.3, -0.25) is 9.59 Å². The van der Waals surface area contributed by atoms with Gasteiger partial charge in [0.1, 0.15) is 0 Å². The Balaban J connectivity index is 1.81. The van der Waals surface area contributed by atoms with Crippen LogP contribution < -0.4 is 5.73 Å². The molecule has 2 N–H and O–H groups in total. The van der Waals surface area contributed by atoms with Crippen molar-refractivity contribution in [2.24, 2.45) is 16.6 Å². The second kappa shape index (κ2) is 5.13. The monoisotopic (exact) mass is 334 g/mol. The van der Waals surface area contributed by atoms with Crippen LogP contribution in [-0.2, 0) is 4.79 Å². The summed E-state index contributed by atoms with van der Waals surface area (Å²) in [7, 11) is 0. The number of benzene rings is 1. The number of nitrogens with zero attached hydrogens (tertiary/aromatic N) is 1. The quantitative estimate of drug-likeness (QED) is 0.858. The average molecular weight is 334 g/mol. The number of allylic oxidation sites excluding steroid dienone is 1. The topological polar surface area (TPSA) is 63.4 Å². The third-order valence-electron chi connectivity index (χ3n) is 4.94. The number of aryl methyl sites for hydroxylation is 1. The summed E-state index contributed by atoms with van der Waals surface area (Å²) in [5.74, 6) is -2.75. The fourth-order valence-corrected chi connectivity index (χ4v) is 3.84. The Bertz CT molecular complexity index is 777. The zero-order chi connectivity index (χ0) is 17.9. The summed E-state index contributed by atoms with van der Waals surface area (Å²) in [6, 6.07) is 2.70. The molecule has 0 atom stereocenters. The van der Waals surface area contributed by atoms with Gasteiger partial charge in [0.05, 0.1) is 11.3 Å². The summed E-state index contributed by atoms with van der Waals surface area (Å²) >= 11 is 0. The van der Waals surface area contributed by atoms with Gasteiger partial charge in [0.2, 0.25) is 0 Å². The number of carbonyl (C=O) groups is 2. The van der Waals surface area contributed by atoms with Gasteiger partial charge in [0.25, 0.3) is 5.91 Å². The molecule has 0 bridgehead atoms. The molecule has 1 spiro atoms. The van der Waals surface area contributed by atoms with Gasteiger partial charge < -0.3 is 10.6 Å². The smallest absolute Gasteiger partial charge is 0.257 e. The summed E-state index contributed by atoms with van der Waals surface area (Å²) in [6.45, 7) is 5.79. The molecular weight excluding hydrogens is 314 g/mol. The lowest BCUT2D eigenvalue weighted by Crippen LogP contribution is -2.61. The van der Waals surface area contributed by atoms with Gasteiger partial charge >= 0.3 is 0 Å². The molecule has 24 heavy (non-hydrogen) atoms. The van der Waals surface area contributed by atoms with E-state index in [1.165, 1.54) is 24.0 Å². The number of hydrogen-bond acceptors (Lipinski definition) is 3. The van der Waals surface area contributed by atoms with Crippen LogP contribution in [0.1, 0.15) is 36.2 Å². The first kappa shape index (κ1) is 16.6. The van der Waals surface area contributed by atoms with E-state index in [1.807, 2.05) is 13.8 Å². The maximum atomic E-state index is 14.0. The van der Waals surface area contributed by atoms with Crippen molar-refractivity contribution in [2.45, 2.75) is 27.2 Å². The number of ketones is 1. The molecule has 1 aromatic carbocycles. The lowest BCUT2D eigenvalue weighted by molar-refractivity contribution is -0.127. The molecule has 6 heteroatoms. The maximum absolute atomic E-state index is 14.0. The van der Waals surface area contributed by atoms with E-state index < -0.39 is 23.0 Å². The number of hydrogen-bond donors (Lipinski definition) is 1. The zero-order valence-electron chi connectivity index (χ0n) is 14.0. The normalized spacial score (nSPS) is 21.5. The predicted octanol–water partition coefficient (Wildman–Crippen LogP) is 2.56. The lowest BCUT2D eigenvalue weighted by Gasteiger charge is -2.53. The Labute approximate surface area is 139 Å². The molecule has 1 saturated heterocycles. The highest BCUT2D eigenvalue weighted by molar-refractivity contribution is 6.00. The SMILES string of the molecule is Cc1ccc(C(=O)N2CC3(C=C(N)C(=O)C(C)(C)C3)C2)c(F)c1F. The van der Waals surface area contributed by atoms with Crippen LogP contribution >= 0.6 is 0 Å². The van der Waals surface area contributed by atoms with Crippen molar-refractivity contribution < 1.29 is 18.4 Å². The molecule has 1 aliphatic heterocycles. The van der Waals surface area contributed by atoms with E-state index >= 15 is 0 Å². The summed E-state index contributed by atoms with van der Waals surface area (Å²) in [5.41, 5.74) is 4.98. The van der Waals surface area contributed by atoms with Gasteiger partial charge in [-0.2, -0.15) is 0 Å². The number of carbonyl (C=O) groups excluding carboxylic acids is 2. The third-order valence-corrected chi connectivity index (χ3v) is 4.94. The molecule has 0 aromatic heterocycles. The van der Waals surface area contributed by atoms with Crippen molar-refractivity contribution in [1.29, 1.82) is 0 Å². The minimum Gasteiger partial charge on any atom is -0.396 e. The Hall–Kier alpha value is -2.24. The van der Waals surface area contributed by atoms with E-state index in [-0.39, 0.29) is 28.0 Å². The van der Waals surface area contributed by atoms with Crippen LogP contribution in [0, 0.1) is 29.4 Å². The Morgan fingerprint density at radius 2 is 1.83 bits per heavy atom. The molecule has 1 aliphatic carbocycles. The van der Waals surface area contributed by atoms with Gasteiger partial charge in [0.15, 0.2) is 17.4 Å². The minimum absolute atomic E-state index is 0.0930. The first-order chi connectivity index (χ1) is 11.1. The van der Waals surface area contributed by atoms with Gasteiger partial charge in [-0.05, 0) is 31.1 Å². The van der Waals surface area contributed by atoms with Crippen LogP contribution in [0.5, 0.6) is 0 Å². The molecule has 1 heterocycles. The van der Waals surface area contributed by atoms with E-state index in [1.54, 1.807) is 6.08 Å². The van der Waals surface area contributed by atoms with Gasteiger partial charge in [0, 0.05) is 23.9 Å². The van der Waals surface area contributed by atoms with Crippen molar-refractivity contribution in [2.75, 3.05) is 13.1 Å². The van der Waals surface area contributed by atoms with Crippen molar-refractivity contribution in [3.63, 3.8) is 0 Å². The Morgan fingerprint density at radius 3 is 2.42 bits per heavy atom. The first-order valence-electron chi connectivity index (χ1n) is 7.83. The number of amides is 1. The van der Waals surface area contributed by atoms with E-state index in [4.69, 9.17) is 5.73 Å². The number of halogens is 2. The number of rotatable bonds is 1. The predicted molar refractivity (Wildman–Crippen MR) is 85.1 cm³/mol. The second-order valence-corrected chi connectivity index (χ2v) is 7.57. The highest BCUT2D eigenvalue weighted by Crippen LogP contribution is 2.47. The molecule has 4 nitrogen and oxygen atoms in total. The summed E-state index contributed by atoms with van der Waals surface area (Å²) in [5, 5.41) is 0. The van der Waals surface area contributed by atoms with Crippen LogP contribution in [-0.4, -0.2) is 29.7 Å². The van der Waals surface area contributed by atoms with Crippen LogP contribution in [0.2, 0.25) is 0 Å². The molecule has 0 saturated carbocycles. The molecule has 3 rings (SSSR count). The van der Waals surface area contributed by atoms with Crippen molar-refractivity contribution in [3.05, 3.63) is 46.7 Å². The summed E-state index contributed by atoms with van der Waals surface area (Å²) in [6.07, 6.45) is 2.30. The molecule has 0 radical (unpaired) electrons. The molecule has 128 valence electrons. The zero-order valence-corrected chi connectivity index (χ0v) is 14.0. The number of nitrogens with two attached hydrogens (primary N) is 1. The fraction of sp³-hybridized carbons (Fsp3) is 0.444. The standard InChI is InChI=1S/C18H20F2N2O2/c1-10-4-5-11(14(20)13(10)19)16(24)22-8-18(9-22)6-12(21)15(23)17(2,3)7-18/h4-6H,7-9,21H2,1-3H3. The van der Waals surface area contributed by atoms with Gasteiger partial charge in [-0.15, -0.1) is 0 Å². The first-order valence-corrected chi connectivity index (χ1v) is 7.83. The van der Waals surface area contributed by atoms with Crippen LogP contribution in [0.3, 0.4) is 0 Å². The highest BCUT2D eigenvalue weighted by Gasteiger charge is 2.52.